The predicted molar refractivity (Wildman–Crippen MR) is 66.4 cm³/mol. The first-order valence-electron chi connectivity index (χ1n) is 4.79. The molecule has 0 bridgehead atoms. The number of nitrogens with one attached hydrogen (secondary N) is 1. The van der Waals surface area contributed by atoms with Crippen LogP contribution in [0.2, 0.25) is 10.0 Å². The van der Waals surface area contributed by atoms with Crippen molar-refractivity contribution in [3.63, 3.8) is 0 Å². The van der Waals surface area contributed by atoms with E-state index in [4.69, 9.17) is 23.2 Å². The monoisotopic (exact) mass is 262 g/mol. The molecule has 0 spiro atoms. The van der Waals surface area contributed by atoms with Gasteiger partial charge in [-0.15, -0.1) is 0 Å². The van der Waals surface area contributed by atoms with E-state index in [2.05, 4.69) is 5.32 Å². The number of nitro benzene ring substituents is 1. The minimum absolute atomic E-state index is 0.0601. The fraction of sp³-hybridized carbons (Fsp3) is 0.400. The topological polar surface area (TPSA) is 55.2 Å². The SMILES string of the molecule is CC(C)CNc1cc(Cl)c(Cl)cc1[N+](=O)[O-]. The van der Waals surface area contributed by atoms with E-state index in [-0.39, 0.29) is 10.7 Å². The first-order valence-corrected chi connectivity index (χ1v) is 5.54. The molecule has 0 radical (unpaired) electrons. The molecule has 16 heavy (non-hydrogen) atoms. The minimum atomic E-state index is -0.481. The van der Waals surface area contributed by atoms with Crippen molar-refractivity contribution in [2.45, 2.75) is 13.8 Å². The van der Waals surface area contributed by atoms with Crippen molar-refractivity contribution in [2.24, 2.45) is 5.92 Å². The van der Waals surface area contributed by atoms with Crippen LogP contribution in [0.5, 0.6) is 0 Å². The summed E-state index contributed by atoms with van der Waals surface area (Å²) < 4.78 is 0. The van der Waals surface area contributed by atoms with Crippen LogP contribution in [0.15, 0.2) is 12.1 Å². The third-order valence-corrected chi connectivity index (χ3v) is 2.66. The average Bonchev–Trinajstić information content (AvgIpc) is 2.18. The summed E-state index contributed by atoms with van der Waals surface area (Å²) in [5.41, 5.74) is 0.336. The molecule has 0 heterocycles. The molecule has 1 aromatic carbocycles. The third-order valence-electron chi connectivity index (χ3n) is 1.94. The Balaban J connectivity index is 3.05. The van der Waals surface area contributed by atoms with Crippen molar-refractivity contribution in [1.29, 1.82) is 0 Å². The van der Waals surface area contributed by atoms with Crippen LogP contribution in [0.1, 0.15) is 13.8 Å². The van der Waals surface area contributed by atoms with Gasteiger partial charge in [-0.05, 0) is 12.0 Å². The van der Waals surface area contributed by atoms with E-state index in [0.29, 0.717) is 23.2 Å². The summed E-state index contributed by atoms with van der Waals surface area (Å²) in [6.07, 6.45) is 0. The molecule has 4 nitrogen and oxygen atoms in total. The van der Waals surface area contributed by atoms with E-state index >= 15 is 0 Å². The van der Waals surface area contributed by atoms with Gasteiger partial charge in [0, 0.05) is 12.6 Å². The summed E-state index contributed by atoms with van der Waals surface area (Å²) in [5, 5.41) is 14.3. The van der Waals surface area contributed by atoms with Gasteiger partial charge in [-0.25, -0.2) is 0 Å². The van der Waals surface area contributed by atoms with Crippen LogP contribution < -0.4 is 5.32 Å². The lowest BCUT2D eigenvalue weighted by atomic mass is 10.2. The molecule has 0 atom stereocenters. The maximum atomic E-state index is 10.8. The van der Waals surface area contributed by atoms with Crippen LogP contribution in [0.4, 0.5) is 11.4 Å². The van der Waals surface area contributed by atoms with Crippen LogP contribution in [0.3, 0.4) is 0 Å². The van der Waals surface area contributed by atoms with Gasteiger partial charge < -0.3 is 5.32 Å². The average molecular weight is 263 g/mol. The standard InChI is InChI=1S/C10H12Cl2N2O2/c1-6(2)5-13-9-3-7(11)8(12)4-10(9)14(15)16/h3-4,6,13H,5H2,1-2H3. The van der Waals surface area contributed by atoms with E-state index in [9.17, 15) is 10.1 Å². The molecule has 0 saturated carbocycles. The van der Waals surface area contributed by atoms with E-state index in [1.807, 2.05) is 13.8 Å². The summed E-state index contributed by atoms with van der Waals surface area (Å²) in [5.74, 6) is 0.383. The first-order chi connectivity index (χ1) is 7.41. The summed E-state index contributed by atoms with van der Waals surface area (Å²) in [6, 6.07) is 2.73. The number of hydrogen-bond donors (Lipinski definition) is 1. The molecule has 0 aromatic heterocycles. The molecule has 0 fully saturated rings. The van der Waals surface area contributed by atoms with Crippen LogP contribution in [0.25, 0.3) is 0 Å². The molecule has 0 aliphatic rings. The van der Waals surface area contributed by atoms with Gasteiger partial charge in [0.2, 0.25) is 0 Å². The van der Waals surface area contributed by atoms with Crippen molar-refractivity contribution in [3.05, 3.63) is 32.3 Å². The van der Waals surface area contributed by atoms with Crippen molar-refractivity contribution in [3.8, 4) is 0 Å². The molecule has 0 saturated heterocycles. The van der Waals surface area contributed by atoms with E-state index < -0.39 is 4.92 Å². The van der Waals surface area contributed by atoms with Crippen molar-refractivity contribution >= 4 is 34.6 Å². The molecular formula is C10H12Cl2N2O2. The molecule has 0 amide bonds. The molecule has 1 rings (SSSR count). The number of benzene rings is 1. The Hall–Kier alpha value is -1.00. The minimum Gasteiger partial charge on any atom is -0.379 e. The van der Waals surface area contributed by atoms with E-state index in [0.717, 1.165) is 0 Å². The largest absolute Gasteiger partial charge is 0.379 e. The summed E-state index contributed by atoms with van der Waals surface area (Å²) in [6.45, 7) is 4.66. The number of rotatable bonds is 4. The van der Waals surface area contributed by atoms with Crippen LogP contribution in [0, 0.1) is 16.0 Å². The number of nitro groups is 1. The third kappa shape index (κ3) is 3.25. The van der Waals surface area contributed by atoms with Crippen LogP contribution in [-0.2, 0) is 0 Å². The Morgan fingerprint density at radius 1 is 1.38 bits per heavy atom. The lowest BCUT2D eigenvalue weighted by Crippen LogP contribution is -2.09. The fourth-order valence-electron chi connectivity index (χ4n) is 1.14. The Morgan fingerprint density at radius 3 is 2.44 bits per heavy atom. The summed E-state index contributed by atoms with van der Waals surface area (Å²) >= 11 is 11.5. The fourth-order valence-corrected chi connectivity index (χ4v) is 1.46. The number of hydrogen-bond acceptors (Lipinski definition) is 3. The summed E-state index contributed by atoms with van der Waals surface area (Å²) in [4.78, 5) is 10.3. The molecule has 0 aliphatic carbocycles. The second-order valence-corrected chi connectivity index (χ2v) is 4.63. The molecule has 1 N–H and O–H groups in total. The van der Waals surface area contributed by atoms with Gasteiger partial charge in [-0.1, -0.05) is 37.0 Å². The van der Waals surface area contributed by atoms with Gasteiger partial charge in [0.25, 0.3) is 5.69 Å². The molecular weight excluding hydrogens is 251 g/mol. The Bertz CT molecular complexity index is 408. The highest BCUT2D eigenvalue weighted by molar-refractivity contribution is 6.42. The Labute approximate surface area is 104 Å². The Morgan fingerprint density at radius 2 is 1.94 bits per heavy atom. The van der Waals surface area contributed by atoms with E-state index in [1.54, 1.807) is 0 Å². The predicted octanol–water partition coefficient (Wildman–Crippen LogP) is 3.97. The smallest absolute Gasteiger partial charge is 0.293 e. The van der Waals surface area contributed by atoms with Crippen molar-refractivity contribution in [2.75, 3.05) is 11.9 Å². The quantitative estimate of drug-likeness (QED) is 0.660. The molecule has 6 heteroatoms. The van der Waals surface area contributed by atoms with Gasteiger partial charge in [0.1, 0.15) is 5.69 Å². The first kappa shape index (κ1) is 13.1. The zero-order valence-corrected chi connectivity index (χ0v) is 10.5. The molecule has 0 aliphatic heterocycles. The maximum absolute atomic E-state index is 10.8. The zero-order valence-electron chi connectivity index (χ0n) is 8.96. The highest BCUT2D eigenvalue weighted by Gasteiger charge is 2.16. The highest BCUT2D eigenvalue weighted by Crippen LogP contribution is 2.33. The van der Waals surface area contributed by atoms with Crippen molar-refractivity contribution in [1.82, 2.24) is 0 Å². The lowest BCUT2D eigenvalue weighted by molar-refractivity contribution is -0.383. The lowest BCUT2D eigenvalue weighted by Gasteiger charge is -2.10. The second kappa shape index (κ2) is 5.37. The normalized spacial score (nSPS) is 10.6. The number of anilines is 1. The summed E-state index contributed by atoms with van der Waals surface area (Å²) in [7, 11) is 0. The zero-order chi connectivity index (χ0) is 12.3. The highest BCUT2D eigenvalue weighted by atomic mass is 35.5. The van der Waals surface area contributed by atoms with Gasteiger partial charge in [-0.3, -0.25) is 10.1 Å². The van der Waals surface area contributed by atoms with Gasteiger partial charge in [-0.2, -0.15) is 0 Å². The Kier molecular flexibility index (Phi) is 4.38. The molecule has 88 valence electrons. The van der Waals surface area contributed by atoms with Crippen LogP contribution in [-0.4, -0.2) is 11.5 Å². The molecule has 1 aromatic rings. The number of nitrogens with zero attached hydrogens (tertiary/aromatic N) is 1. The van der Waals surface area contributed by atoms with Crippen LogP contribution >= 0.6 is 23.2 Å². The second-order valence-electron chi connectivity index (χ2n) is 3.82. The van der Waals surface area contributed by atoms with Gasteiger partial charge in [0.05, 0.1) is 15.0 Å². The number of halogens is 2. The van der Waals surface area contributed by atoms with Gasteiger partial charge >= 0.3 is 0 Å². The molecule has 0 unspecified atom stereocenters. The maximum Gasteiger partial charge on any atom is 0.293 e. The van der Waals surface area contributed by atoms with Gasteiger partial charge in [0.15, 0.2) is 0 Å². The van der Waals surface area contributed by atoms with E-state index in [1.165, 1.54) is 12.1 Å². The van der Waals surface area contributed by atoms with Crippen molar-refractivity contribution < 1.29 is 4.92 Å².